The van der Waals surface area contributed by atoms with Crippen LogP contribution < -0.4 is 11.1 Å². The van der Waals surface area contributed by atoms with Gasteiger partial charge in [0.05, 0.1) is 0 Å². The smallest absolute Gasteiger partial charge is 0.251 e. The Labute approximate surface area is 129 Å². The Kier molecular flexibility index (Phi) is 6.49. The SMILES string of the molecule is CCC(C)N(C)CCNC(=O)c1cc(Br)cc(N)c1C. The van der Waals surface area contributed by atoms with Gasteiger partial charge in [0.2, 0.25) is 0 Å². The molecule has 0 saturated heterocycles. The quantitative estimate of drug-likeness (QED) is 0.782. The molecule has 0 aliphatic rings. The number of hydrogen-bond donors (Lipinski definition) is 2. The van der Waals surface area contributed by atoms with Gasteiger partial charge in [-0.1, -0.05) is 22.9 Å². The van der Waals surface area contributed by atoms with Crippen LogP contribution >= 0.6 is 15.9 Å². The van der Waals surface area contributed by atoms with Crippen molar-refractivity contribution in [3.05, 3.63) is 27.7 Å². The van der Waals surface area contributed by atoms with Crippen LogP contribution in [0.15, 0.2) is 16.6 Å². The lowest BCUT2D eigenvalue weighted by Crippen LogP contribution is -2.37. The van der Waals surface area contributed by atoms with E-state index in [4.69, 9.17) is 5.73 Å². The largest absolute Gasteiger partial charge is 0.398 e. The number of benzene rings is 1. The van der Waals surface area contributed by atoms with Gasteiger partial charge in [0.1, 0.15) is 0 Å². The lowest BCUT2D eigenvalue weighted by Gasteiger charge is -2.23. The number of carbonyl (C=O) groups is 1. The Hall–Kier alpha value is -1.07. The summed E-state index contributed by atoms with van der Waals surface area (Å²) in [5.74, 6) is -0.0759. The number of carbonyl (C=O) groups excluding carboxylic acids is 1. The summed E-state index contributed by atoms with van der Waals surface area (Å²) in [5, 5.41) is 2.95. The highest BCUT2D eigenvalue weighted by molar-refractivity contribution is 9.10. The normalized spacial score (nSPS) is 12.5. The fraction of sp³-hybridized carbons (Fsp3) is 0.533. The van der Waals surface area contributed by atoms with Crippen molar-refractivity contribution in [2.24, 2.45) is 0 Å². The number of nitrogens with one attached hydrogen (secondary N) is 1. The molecule has 0 spiro atoms. The number of likely N-dealkylation sites (N-methyl/N-ethyl adjacent to an activating group) is 1. The van der Waals surface area contributed by atoms with Crippen LogP contribution in [0.4, 0.5) is 5.69 Å². The predicted molar refractivity (Wildman–Crippen MR) is 88.0 cm³/mol. The van der Waals surface area contributed by atoms with Crippen molar-refractivity contribution in [3.63, 3.8) is 0 Å². The molecule has 3 N–H and O–H groups in total. The second-order valence-electron chi connectivity index (χ2n) is 5.16. The molecule has 1 atom stereocenters. The van der Waals surface area contributed by atoms with Crippen molar-refractivity contribution in [1.82, 2.24) is 10.2 Å². The Balaban J connectivity index is 2.60. The molecule has 1 unspecified atom stereocenters. The van der Waals surface area contributed by atoms with Crippen LogP contribution in [-0.4, -0.2) is 37.0 Å². The monoisotopic (exact) mass is 341 g/mol. The number of amides is 1. The standard InChI is InChI=1S/C15H24BrN3O/c1-5-10(2)19(4)7-6-18-15(20)13-8-12(16)9-14(17)11(13)3/h8-10H,5-7,17H2,1-4H3,(H,18,20). The van der Waals surface area contributed by atoms with E-state index in [2.05, 4.69) is 47.0 Å². The highest BCUT2D eigenvalue weighted by atomic mass is 79.9. The van der Waals surface area contributed by atoms with E-state index in [1.54, 1.807) is 6.07 Å². The lowest BCUT2D eigenvalue weighted by atomic mass is 10.1. The molecular weight excluding hydrogens is 318 g/mol. The van der Waals surface area contributed by atoms with Crippen molar-refractivity contribution in [1.29, 1.82) is 0 Å². The molecule has 112 valence electrons. The van der Waals surface area contributed by atoms with E-state index in [1.807, 2.05) is 13.0 Å². The van der Waals surface area contributed by atoms with Crippen LogP contribution in [0.5, 0.6) is 0 Å². The van der Waals surface area contributed by atoms with Gasteiger partial charge in [-0.3, -0.25) is 4.79 Å². The first-order valence-corrected chi connectivity index (χ1v) is 7.70. The van der Waals surface area contributed by atoms with Crippen molar-refractivity contribution in [2.75, 3.05) is 25.9 Å². The van der Waals surface area contributed by atoms with E-state index in [0.29, 0.717) is 23.8 Å². The van der Waals surface area contributed by atoms with Crippen molar-refractivity contribution >= 4 is 27.5 Å². The molecule has 5 heteroatoms. The molecule has 0 aromatic heterocycles. The van der Waals surface area contributed by atoms with Crippen molar-refractivity contribution in [3.8, 4) is 0 Å². The Morgan fingerprint density at radius 1 is 1.50 bits per heavy atom. The van der Waals surface area contributed by atoms with Gasteiger partial charge >= 0.3 is 0 Å². The van der Waals surface area contributed by atoms with E-state index in [0.717, 1.165) is 23.0 Å². The van der Waals surface area contributed by atoms with Gasteiger partial charge in [-0.25, -0.2) is 0 Å². The maximum atomic E-state index is 12.2. The zero-order chi connectivity index (χ0) is 15.3. The summed E-state index contributed by atoms with van der Waals surface area (Å²) in [5.41, 5.74) is 7.95. The van der Waals surface area contributed by atoms with Crippen LogP contribution in [0.25, 0.3) is 0 Å². The average molecular weight is 342 g/mol. The maximum Gasteiger partial charge on any atom is 0.251 e. The number of anilines is 1. The first-order chi connectivity index (χ1) is 9.36. The second-order valence-corrected chi connectivity index (χ2v) is 6.08. The zero-order valence-corrected chi connectivity index (χ0v) is 14.3. The molecule has 1 aromatic carbocycles. The minimum Gasteiger partial charge on any atom is -0.398 e. The van der Waals surface area contributed by atoms with Gasteiger partial charge in [0, 0.05) is 34.9 Å². The molecule has 1 amide bonds. The number of rotatable bonds is 6. The number of nitrogen functional groups attached to an aromatic ring is 1. The summed E-state index contributed by atoms with van der Waals surface area (Å²) in [4.78, 5) is 14.4. The minimum atomic E-state index is -0.0759. The third-order valence-electron chi connectivity index (χ3n) is 3.75. The summed E-state index contributed by atoms with van der Waals surface area (Å²) in [7, 11) is 2.07. The molecule has 0 bridgehead atoms. The number of nitrogens with zero attached hydrogens (tertiary/aromatic N) is 1. The number of hydrogen-bond acceptors (Lipinski definition) is 3. The van der Waals surface area contributed by atoms with Crippen LogP contribution in [0.1, 0.15) is 36.2 Å². The van der Waals surface area contributed by atoms with Crippen LogP contribution in [0.3, 0.4) is 0 Å². The van der Waals surface area contributed by atoms with Crippen molar-refractivity contribution in [2.45, 2.75) is 33.2 Å². The Morgan fingerprint density at radius 3 is 2.75 bits per heavy atom. The summed E-state index contributed by atoms with van der Waals surface area (Å²) < 4.78 is 0.822. The molecule has 0 heterocycles. The van der Waals surface area contributed by atoms with Gasteiger partial charge in [-0.15, -0.1) is 0 Å². The highest BCUT2D eigenvalue weighted by Crippen LogP contribution is 2.22. The van der Waals surface area contributed by atoms with Gasteiger partial charge in [-0.05, 0) is 45.0 Å². The fourth-order valence-electron chi connectivity index (χ4n) is 1.91. The van der Waals surface area contributed by atoms with Gasteiger partial charge in [0.15, 0.2) is 0 Å². The topological polar surface area (TPSA) is 58.4 Å². The van der Waals surface area contributed by atoms with Crippen LogP contribution in [0, 0.1) is 6.92 Å². The summed E-state index contributed by atoms with van der Waals surface area (Å²) in [6, 6.07) is 4.14. The molecule has 0 radical (unpaired) electrons. The zero-order valence-electron chi connectivity index (χ0n) is 12.7. The highest BCUT2D eigenvalue weighted by Gasteiger charge is 2.12. The molecule has 20 heavy (non-hydrogen) atoms. The van der Waals surface area contributed by atoms with Crippen LogP contribution in [-0.2, 0) is 0 Å². The first-order valence-electron chi connectivity index (χ1n) is 6.90. The van der Waals surface area contributed by atoms with Crippen LogP contribution in [0.2, 0.25) is 0 Å². The molecule has 0 saturated carbocycles. The molecular formula is C15H24BrN3O. The Bertz CT molecular complexity index is 476. The van der Waals surface area contributed by atoms with Gasteiger partial charge in [0.25, 0.3) is 5.91 Å². The van der Waals surface area contributed by atoms with E-state index < -0.39 is 0 Å². The van der Waals surface area contributed by atoms with Crippen molar-refractivity contribution < 1.29 is 4.79 Å². The van der Waals surface area contributed by atoms with Gasteiger partial charge in [-0.2, -0.15) is 0 Å². The third kappa shape index (κ3) is 4.49. The maximum absolute atomic E-state index is 12.2. The number of nitrogens with two attached hydrogens (primary N) is 1. The summed E-state index contributed by atoms with van der Waals surface area (Å²) in [6.45, 7) is 7.67. The first kappa shape index (κ1) is 17.0. The summed E-state index contributed by atoms with van der Waals surface area (Å²) >= 11 is 3.37. The average Bonchev–Trinajstić information content (AvgIpc) is 2.41. The molecule has 1 rings (SSSR count). The lowest BCUT2D eigenvalue weighted by molar-refractivity contribution is 0.0947. The minimum absolute atomic E-state index is 0.0759. The predicted octanol–water partition coefficient (Wildman–Crippen LogP) is 2.80. The van der Waals surface area contributed by atoms with Gasteiger partial charge < -0.3 is 16.0 Å². The molecule has 4 nitrogen and oxygen atoms in total. The fourth-order valence-corrected chi connectivity index (χ4v) is 2.38. The summed E-state index contributed by atoms with van der Waals surface area (Å²) in [6.07, 6.45) is 1.10. The van der Waals surface area contributed by atoms with E-state index in [9.17, 15) is 4.79 Å². The molecule has 1 aromatic rings. The Morgan fingerprint density at radius 2 is 2.15 bits per heavy atom. The molecule has 0 aliphatic carbocycles. The second kappa shape index (κ2) is 7.64. The van der Waals surface area contributed by atoms with E-state index in [-0.39, 0.29) is 5.91 Å². The molecule has 0 fully saturated rings. The third-order valence-corrected chi connectivity index (χ3v) is 4.21. The van der Waals surface area contributed by atoms with E-state index >= 15 is 0 Å². The molecule has 0 aliphatic heterocycles. The number of halogens is 1. The van der Waals surface area contributed by atoms with E-state index in [1.165, 1.54) is 0 Å².